The van der Waals surface area contributed by atoms with Crippen LogP contribution < -0.4 is 16.0 Å². The lowest BCUT2D eigenvalue weighted by Crippen LogP contribution is -2.31. The van der Waals surface area contributed by atoms with Crippen molar-refractivity contribution in [1.82, 2.24) is 10.6 Å². The largest absolute Gasteiger partial charge is 0.504 e. The number of benzene rings is 2. The van der Waals surface area contributed by atoms with E-state index in [-0.39, 0.29) is 29.9 Å². The van der Waals surface area contributed by atoms with Crippen LogP contribution >= 0.6 is 0 Å². The molecule has 0 saturated carbocycles. The van der Waals surface area contributed by atoms with E-state index in [0.717, 1.165) is 5.56 Å². The summed E-state index contributed by atoms with van der Waals surface area (Å²) in [7, 11) is 1.56. The highest BCUT2D eigenvalue weighted by Crippen LogP contribution is 2.24. The molecule has 25 heavy (non-hydrogen) atoms. The van der Waals surface area contributed by atoms with Crippen molar-refractivity contribution in [3.63, 3.8) is 0 Å². The van der Waals surface area contributed by atoms with Crippen molar-refractivity contribution >= 4 is 17.5 Å². The molecule has 2 rings (SSSR count). The van der Waals surface area contributed by atoms with Gasteiger partial charge in [-0.2, -0.15) is 0 Å². The minimum Gasteiger partial charge on any atom is -0.504 e. The second-order valence-electron chi connectivity index (χ2n) is 5.44. The van der Waals surface area contributed by atoms with Crippen LogP contribution in [0.1, 0.15) is 15.9 Å². The molecule has 0 aromatic heterocycles. The quantitative estimate of drug-likeness (QED) is 0.486. The zero-order valence-corrected chi connectivity index (χ0v) is 13.9. The number of anilines is 1. The number of amides is 2. The molecule has 7 heteroatoms. The summed E-state index contributed by atoms with van der Waals surface area (Å²) in [4.78, 5) is 23.4. The minimum absolute atomic E-state index is 0.0814. The number of aromatic hydroxyl groups is 2. The minimum atomic E-state index is -0.190. The number of carbonyl (C=O) groups excluding carboxylic acids is 2. The molecule has 0 spiro atoms. The van der Waals surface area contributed by atoms with Crippen molar-refractivity contribution in [2.75, 3.05) is 25.5 Å². The standard InChI is InChI=1S/C18H21N3O4/c1-19-18(25)13-3-2-4-14(10-13)21-11-17(24)20-8-7-12-5-6-15(22)16(23)9-12/h2-6,9-10,21-23H,7-8,11H2,1H3,(H,19,25)(H,20,24). The highest BCUT2D eigenvalue weighted by Gasteiger charge is 2.06. The van der Waals surface area contributed by atoms with E-state index in [9.17, 15) is 19.8 Å². The number of hydrogen-bond donors (Lipinski definition) is 5. The van der Waals surface area contributed by atoms with Gasteiger partial charge in [0.1, 0.15) is 0 Å². The van der Waals surface area contributed by atoms with Crippen molar-refractivity contribution in [1.29, 1.82) is 0 Å². The van der Waals surface area contributed by atoms with Crippen molar-refractivity contribution < 1.29 is 19.8 Å². The van der Waals surface area contributed by atoms with Gasteiger partial charge in [0.15, 0.2) is 11.5 Å². The predicted molar refractivity (Wildman–Crippen MR) is 94.8 cm³/mol. The van der Waals surface area contributed by atoms with Gasteiger partial charge < -0.3 is 26.2 Å². The summed E-state index contributed by atoms with van der Waals surface area (Å²) in [6.07, 6.45) is 0.533. The van der Waals surface area contributed by atoms with Gasteiger partial charge in [0.2, 0.25) is 5.91 Å². The Hall–Kier alpha value is -3.22. The highest BCUT2D eigenvalue weighted by molar-refractivity contribution is 5.95. The van der Waals surface area contributed by atoms with E-state index in [0.29, 0.717) is 24.2 Å². The Balaban J connectivity index is 1.77. The van der Waals surface area contributed by atoms with Gasteiger partial charge in [-0.15, -0.1) is 0 Å². The van der Waals surface area contributed by atoms with Gasteiger partial charge in [-0.05, 0) is 42.3 Å². The molecule has 0 atom stereocenters. The molecule has 5 N–H and O–H groups in total. The summed E-state index contributed by atoms with van der Waals surface area (Å²) in [5.41, 5.74) is 2.00. The molecule has 0 saturated heterocycles. The van der Waals surface area contributed by atoms with E-state index in [1.807, 2.05) is 0 Å². The van der Waals surface area contributed by atoms with Gasteiger partial charge >= 0.3 is 0 Å². The molecule has 2 aromatic rings. The first kappa shape index (κ1) is 18.1. The molecule has 0 fully saturated rings. The van der Waals surface area contributed by atoms with Crippen molar-refractivity contribution in [2.24, 2.45) is 0 Å². The van der Waals surface area contributed by atoms with Crippen LogP contribution in [-0.4, -0.2) is 42.2 Å². The van der Waals surface area contributed by atoms with E-state index in [1.54, 1.807) is 37.4 Å². The van der Waals surface area contributed by atoms with Crippen molar-refractivity contribution in [3.05, 3.63) is 53.6 Å². The van der Waals surface area contributed by atoms with Gasteiger partial charge in [-0.3, -0.25) is 9.59 Å². The third kappa shape index (κ3) is 5.42. The number of phenols is 2. The molecular weight excluding hydrogens is 322 g/mol. The number of nitrogens with one attached hydrogen (secondary N) is 3. The number of carbonyl (C=O) groups is 2. The Labute approximate surface area is 145 Å². The summed E-state index contributed by atoms with van der Waals surface area (Å²) < 4.78 is 0. The third-order valence-corrected chi connectivity index (χ3v) is 3.58. The van der Waals surface area contributed by atoms with Crippen molar-refractivity contribution in [2.45, 2.75) is 6.42 Å². The second-order valence-corrected chi connectivity index (χ2v) is 5.44. The van der Waals surface area contributed by atoms with Crippen LogP contribution in [0.2, 0.25) is 0 Å². The van der Waals surface area contributed by atoms with Crippen LogP contribution in [0.3, 0.4) is 0 Å². The van der Waals surface area contributed by atoms with E-state index in [1.165, 1.54) is 12.1 Å². The normalized spacial score (nSPS) is 10.1. The maximum Gasteiger partial charge on any atom is 0.251 e. The molecule has 0 aliphatic rings. The summed E-state index contributed by atoms with van der Waals surface area (Å²) in [5, 5.41) is 26.9. The fourth-order valence-corrected chi connectivity index (χ4v) is 2.23. The van der Waals surface area contributed by atoms with Crippen LogP contribution in [0.15, 0.2) is 42.5 Å². The molecule has 7 nitrogen and oxygen atoms in total. The molecule has 0 unspecified atom stereocenters. The maximum absolute atomic E-state index is 11.9. The van der Waals surface area contributed by atoms with E-state index < -0.39 is 0 Å². The Bertz CT molecular complexity index is 762. The zero-order chi connectivity index (χ0) is 18.2. The van der Waals surface area contributed by atoms with Crippen LogP contribution in [0.5, 0.6) is 11.5 Å². The monoisotopic (exact) mass is 343 g/mol. The maximum atomic E-state index is 11.9. The Morgan fingerprint density at radius 1 is 1.04 bits per heavy atom. The first-order valence-electron chi connectivity index (χ1n) is 7.83. The lowest BCUT2D eigenvalue weighted by Gasteiger charge is -2.09. The van der Waals surface area contributed by atoms with E-state index >= 15 is 0 Å². The average molecular weight is 343 g/mol. The Kier molecular flexibility index (Phi) is 6.22. The lowest BCUT2D eigenvalue weighted by molar-refractivity contribution is -0.119. The zero-order valence-electron chi connectivity index (χ0n) is 13.9. The van der Waals surface area contributed by atoms with E-state index in [2.05, 4.69) is 16.0 Å². The average Bonchev–Trinajstić information content (AvgIpc) is 2.62. The first-order valence-corrected chi connectivity index (χ1v) is 7.83. The highest BCUT2D eigenvalue weighted by atomic mass is 16.3. The summed E-state index contributed by atoms with van der Waals surface area (Å²) >= 11 is 0. The fourth-order valence-electron chi connectivity index (χ4n) is 2.23. The SMILES string of the molecule is CNC(=O)c1cccc(NCC(=O)NCCc2ccc(O)c(O)c2)c1. The lowest BCUT2D eigenvalue weighted by atomic mass is 10.1. The molecule has 132 valence electrons. The molecule has 0 aliphatic carbocycles. The van der Waals surface area contributed by atoms with Gasteiger partial charge in [0.25, 0.3) is 5.91 Å². The second kappa shape index (κ2) is 8.58. The van der Waals surface area contributed by atoms with Crippen LogP contribution in [0.25, 0.3) is 0 Å². The van der Waals surface area contributed by atoms with Gasteiger partial charge in [0, 0.05) is 24.8 Å². The fraction of sp³-hybridized carbons (Fsp3) is 0.222. The summed E-state index contributed by atoms with van der Waals surface area (Å²) in [6, 6.07) is 11.4. The summed E-state index contributed by atoms with van der Waals surface area (Å²) in [6.45, 7) is 0.487. The molecular formula is C18H21N3O4. The molecule has 0 heterocycles. The predicted octanol–water partition coefficient (Wildman–Crippen LogP) is 1.23. The Morgan fingerprint density at radius 2 is 1.84 bits per heavy atom. The van der Waals surface area contributed by atoms with Crippen molar-refractivity contribution in [3.8, 4) is 11.5 Å². The molecule has 0 aliphatic heterocycles. The smallest absolute Gasteiger partial charge is 0.251 e. The number of hydrogen-bond acceptors (Lipinski definition) is 5. The Morgan fingerprint density at radius 3 is 2.56 bits per heavy atom. The number of phenolic OH excluding ortho intramolecular Hbond substituents is 2. The number of rotatable bonds is 7. The van der Waals surface area contributed by atoms with Gasteiger partial charge in [0.05, 0.1) is 6.54 Å². The van der Waals surface area contributed by atoms with E-state index in [4.69, 9.17) is 0 Å². The molecule has 2 amide bonds. The topological polar surface area (TPSA) is 111 Å². The molecule has 2 aromatic carbocycles. The molecule has 0 radical (unpaired) electrons. The van der Waals surface area contributed by atoms with Crippen LogP contribution in [0, 0.1) is 0 Å². The van der Waals surface area contributed by atoms with Gasteiger partial charge in [-0.25, -0.2) is 0 Å². The van der Waals surface area contributed by atoms with Crippen LogP contribution in [-0.2, 0) is 11.2 Å². The molecule has 0 bridgehead atoms. The third-order valence-electron chi connectivity index (χ3n) is 3.58. The first-order chi connectivity index (χ1) is 12.0. The summed E-state index contributed by atoms with van der Waals surface area (Å²) in [5.74, 6) is -0.726. The van der Waals surface area contributed by atoms with Gasteiger partial charge in [-0.1, -0.05) is 12.1 Å². The van der Waals surface area contributed by atoms with Crippen LogP contribution in [0.4, 0.5) is 5.69 Å².